The molecule has 0 aliphatic rings. The Morgan fingerprint density at radius 3 is 1.25 bits per heavy atom. The van der Waals surface area contributed by atoms with Gasteiger partial charge in [-0.2, -0.15) is 0 Å². The molecule has 0 heterocycles. The lowest BCUT2D eigenvalue weighted by Gasteiger charge is -1.13. The third kappa shape index (κ3) is 37.8. The molecule has 0 rings (SSSR count). The van der Waals surface area contributed by atoms with Crippen LogP contribution in [0.5, 0.6) is 0 Å². The number of alkyl halides is 1. The minimum Gasteiger partial charge on any atom is -0.255 e. The molecule has 1 N–H and O–H groups in total. The molecule has 4 heavy (non-hydrogen) atoms. The van der Waals surface area contributed by atoms with Crippen LogP contribution in [0.1, 0.15) is 0 Å². The molecular weight excluding hydrogens is 66.0 g/mol. The van der Waals surface area contributed by atoms with Gasteiger partial charge in [-0.05, 0) is 0 Å². The normalized spacial score (nSPS) is 3.00. The SMILES string of the molecule is CF.OF. The van der Waals surface area contributed by atoms with Crippen molar-refractivity contribution < 1.29 is 14.2 Å². The lowest BCUT2D eigenvalue weighted by molar-refractivity contribution is -0.0441. The van der Waals surface area contributed by atoms with E-state index < -0.39 is 0 Å². The first kappa shape index (κ1) is 9.17. The second-order valence-corrected chi connectivity index (χ2v) is 0. The standard InChI is InChI=1S/CH3F.FHO/c2*1-2/h1H3;2H. The minimum atomic E-state index is 0.500. The first-order chi connectivity index (χ1) is 2.00. The lowest BCUT2D eigenvalue weighted by Crippen LogP contribution is -0.996. The molecule has 0 aliphatic heterocycles. The van der Waals surface area contributed by atoms with E-state index in [1.165, 1.54) is 0 Å². The summed E-state index contributed by atoms with van der Waals surface area (Å²) < 4.78 is 18.0. The van der Waals surface area contributed by atoms with Crippen LogP contribution in [-0.2, 0) is 0 Å². The Balaban J connectivity index is 0. The summed E-state index contributed by atoms with van der Waals surface area (Å²) in [5, 5.41) is 5.50. The van der Waals surface area contributed by atoms with E-state index >= 15 is 0 Å². The Labute approximate surface area is 22.8 Å². The maximum atomic E-state index is 9.50. The molecule has 0 aromatic rings. The molecule has 0 bridgehead atoms. The zero-order valence-corrected chi connectivity index (χ0v) is 2.20. The van der Waals surface area contributed by atoms with Crippen LogP contribution in [-0.4, -0.2) is 12.5 Å². The van der Waals surface area contributed by atoms with Crippen LogP contribution in [0.15, 0.2) is 0 Å². The molecule has 0 radical (unpaired) electrons. The summed E-state index contributed by atoms with van der Waals surface area (Å²) in [5.74, 6) is 0. The topological polar surface area (TPSA) is 20.2 Å². The number of hydrogen-bond donors (Lipinski definition) is 1. The average molecular weight is 70.0 g/mol. The zero-order valence-electron chi connectivity index (χ0n) is 2.20. The molecule has 0 aromatic heterocycles. The Morgan fingerprint density at radius 1 is 1.25 bits per heavy atom. The van der Waals surface area contributed by atoms with Crippen molar-refractivity contribution in [1.29, 1.82) is 0 Å². The van der Waals surface area contributed by atoms with Crippen molar-refractivity contribution in [3.63, 3.8) is 0 Å². The van der Waals surface area contributed by atoms with Crippen LogP contribution in [0.2, 0.25) is 0 Å². The Bertz CT molecular complexity index is 6.00. The largest absolute Gasteiger partial charge is 0.255 e. The first-order valence-electron chi connectivity index (χ1n) is 0.547. The average Bonchev–Trinajstić information content (AvgIpc) is 1.50. The van der Waals surface area contributed by atoms with Crippen LogP contribution in [0.4, 0.5) is 8.92 Å². The maximum absolute atomic E-state index is 9.50. The van der Waals surface area contributed by atoms with Crippen molar-refractivity contribution in [3.05, 3.63) is 0 Å². The van der Waals surface area contributed by atoms with Gasteiger partial charge in [-0.1, -0.05) is 4.53 Å². The van der Waals surface area contributed by atoms with Gasteiger partial charge in [0, 0.05) is 0 Å². The first-order valence-corrected chi connectivity index (χ1v) is 0.547. The fourth-order valence-electron chi connectivity index (χ4n) is 0. The Morgan fingerprint density at radius 2 is 1.25 bits per heavy atom. The molecule has 0 spiro atoms. The predicted molar refractivity (Wildman–Crippen MR) is 10.4 cm³/mol. The highest BCUT2D eigenvalue weighted by Crippen LogP contribution is 1.16. The third-order valence-corrected chi connectivity index (χ3v) is 0. The smallest absolute Gasteiger partial charge is 0.0785 e. The van der Waals surface area contributed by atoms with E-state index in [1.807, 2.05) is 0 Å². The van der Waals surface area contributed by atoms with Gasteiger partial charge in [-0.25, -0.2) is 5.31 Å². The summed E-state index contributed by atoms with van der Waals surface area (Å²) in [5.41, 5.74) is 0. The van der Waals surface area contributed by atoms with E-state index in [2.05, 4.69) is 0 Å². The van der Waals surface area contributed by atoms with Crippen LogP contribution in [0, 0.1) is 0 Å². The number of hydrogen-bond acceptors (Lipinski definition) is 1. The predicted octanol–water partition coefficient (Wildman–Crippen LogP) is 0.449. The van der Waals surface area contributed by atoms with Crippen LogP contribution in [0.25, 0.3) is 0 Å². The summed E-state index contributed by atoms with van der Waals surface area (Å²) in [6.45, 7) is 0. The summed E-state index contributed by atoms with van der Waals surface area (Å²) in [6.07, 6.45) is 0. The van der Waals surface area contributed by atoms with Gasteiger partial charge >= 0.3 is 0 Å². The van der Waals surface area contributed by atoms with Gasteiger partial charge in [0.1, 0.15) is 0 Å². The molecule has 0 saturated carbocycles. The van der Waals surface area contributed by atoms with E-state index in [0.29, 0.717) is 7.18 Å². The molecule has 0 aromatic carbocycles. The van der Waals surface area contributed by atoms with Crippen molar-refractivity contribution in [3.8, 4) is 0 Å². The monoisotopic (exact) mass is 70.0 g/mol. The Kier molecular flexibility index (Phi) is 661. The molecule has 0 atom stereocenters. The molecule has 0 fully saturated rings. The lowest BCUT2D eigenvalue weighted by atomic mass is 11.9. The molecule has 0 aliphatic carbocycles. The van der Waals surface area contributed by atoms with Gasteiger partial charge in [-0.15, -0.1) is 0 Å². The van der Waals surface area contributed by atoms with E-state index in [-0.39, 0.29) is 0 Å². The molecule has 0 saturated heterocycles. The fourth-order valence-corrected chi connectivity index (χ4v) is 0. The molecule has 1 nitrogen and oxygen atoms in total. The van der Waals surface area contributed by atoms with Gasteiger partial charge in [0.25, 0.3) is 0 Å². The second-order valence-electron chi connectivity index (χ2n) is 0. The van der Waals surface area contributed by atoms with Crippen molar-refractivity contribution in [1.82, 2.24) is 0 Å². The molecule has 28 valence electrons. The fraction of sp³-hybridized carbons (Fsp3) is 1.00. The van der Waals surface area contributed by atoms with E-state index in [4.69, 9.17) is 9.84 Å². The highest BCUT2D eigenvalue weighted by molar-refractivity contribution is 3.23. The van der Waals surface area contributed by atoms with Gasteiger partial charge in [0.15, 0.2) is 0 Å². The summed E-state index contributed by atoms with van der Waals surface area (Å²) in [4.78, 5) is 0. The van der Waals surface area contributed by atoms with E-state index in [1.54, 1.807) is 0 Å². The van der Waals surface area contributed by atoms with E-state index in [9.17, 15) is 4.39 Å². The molecule has 0 amide bonds. The maximum Gasteiger partial charge on any atom is 0.0785 e. The second kappa shape index (κ2) is 288. The zero-order chi connectivity index (χ0) is 4.00. The van der Waals surface area contributed by atoms with E-state index in [0.717, 1.165) is 0 Å². The number of rotatable bonds is 0. The molecular formula is CH4F2O. The highest BCUT2D eigenvalue weighted by atomic mass is 19.3. The van der Waals surface area contributed by atoms with Gasteiger partial charge in [0.05, 0.1) is 7.18 Å². The highest BCUT2D eigenvalue weighted by Gasteiger charge is 0.926. The van der Waals surface area contributed by atoms with Crippen LogP contribution in [0.3, 0.4) is 0 Å². The summed E-state index contributed by atoms with van der Waals surface area (Å²) in [6, 6.07) is 0. The van der Waals surface area contributed by atoms with Crippen molar-refractivity contribution in [2.75, 3.05) is 7.18 Å². The van der Waals surface area contributed by atoms with Crippen LogP contribution >= 0.6 is 0 Å². The van der Waals surface area contributed by atoms with Gasteiger partial charge in [-0.3, -0.25) is 4.39 Å². The Hall–Kier alpha value is -0.180. The third-order valence-electron chi connectivity index (χ3n) is 0. The quantitative estimate of drug-likeness (QED) is 0.438. The molecule has 3 heteroatoms. The van der Waals surface area contributed by atoms with Crippen molar-refractivity contribution in [2.45, 2.75) is 0 Å². The molecule has 0 unspecified atom stereocenters. The van der Waals surface area contributed by atoms with Crippen molar-refractivity contribution >= 4 is 0 Å². The summed E-state index contributed by atoms with van der Waals surface area (Å²) >= 11 is 0. The van der Waals surface area contributed by atoms with Gasteiger partial charge < -0.3 is 0 Å². The van der Waals surface area contributed by atoms with Gasteiger partial charge in [0.2, 0.25) is 0 Å². The van der Waals surface area contributed by atoms with Crippen molar-refractivity contribution in [2.24, 2.45) is 0 Å². The number of halogens is 2. The minimum absolute atomic E-state index is 0.500. The van der Waals surface area contributed by atoms with Crippen LogP contribution < -0.4 is 0 Å². The summed E-state index contributed by atoms with van der Waals surface area (Å²) in [7, 11) is 0.500.